The molecule has 0 saturated carbocycles. The van der Waals surface area contributed by atoms with E-state index in [0.717, 1.165) is 0 Å². The number of aliphatic hydroxyl groups excluding tert-OH is 1. The van der Waals surface area contributed by atoms with Crippen molar-refractivity contribution in [1.82, 2.24) is 0 Å². The third-order valence-corrected chi connectivity index (χ3v) is 2.40. The second-order valence-electron chi connectivity index (χ2n) is 2.90. The zero-order valence-corrected chi connectivity index (χ0v) is 8.04. The molecule has 0 saturated heterocycles. The Bertz CT molecular complexity index is 315. The molecule has 1 atom stereocenters. The summed E-state index contributed by atoms with van der Waals surface area (Å²) in [5.74, 6) is 0.0639. The lowest BCUT2D eigenvalue weighted by Crippen LogP contribution is -2.14. The summed E-state index contributed by atoms with van der Waals surface area (Å²) in [7, 11) is 0. The van der Waals surface area contributed by atoms with Gasteiger partial charge in [0.05, 0.1) is 12.6 Å². The minimum Gasteiger partial charge on any atom is -0.507 e. The van der Waals surface area contributed by atoms with Gasteiger partial charge in [-0.2, -0.15) is 0 Å². The average molecular weight is 202 g/mol. The van der Waals surface area contributed by atoms with E-state index in [9.17, 15) is 5.11 Å². The number of halogens is 1. The summed E-state index contributed by atoms with van der Waals surface area (Å²) < 4.78 is 0. The fourth-order valence-corrected chi connectivity index (χ4v) is 1.25. The summed E-state index contributed by atoms with van der Waals surface area (Å²) >= 11 is 5.77. The van der Waals surface area contributed by atoms with E-state index >= 15 is 0 Å². The third-order valence-electron chi connectivity index (χ3n) is 1.99. The van der Waals surface area contributed by atoms with Crippen LogP contribution in [0.2, 0.25) is 5.02 Å². The van der Waals surface area contributed by atoms with Gasteiger partial charge in [0.1, 0.15) is 5.75 Å². The van der Waals surface area contributed by atoms with Gasteiger partial charge in [-0.25, -0.2) is 0 Å². The minimum absolute atomic E-state index is 0.0639. The molecule has 1 rings (SSSR count). The summed E-state index contributed by atoms with van der Waals surface area (Å²) in [6.07, 6.45) is 0. The van der Waals surface area contributed by atoms with Gasteiger partial charge in [0.25, 0.3) is 0 Å². The van der Waals surface area contributed by atoms with E-state index in [1.165, 1.54) is 0 Å². The molecule has 0 aliphatic rings. The van der Waals surface area contributed by atoms with Crippen LogP contribution < -0.4 is 5.73 Å². The Labute approximate surface area is 81.8 Å². The molecule has 13 heavy (non-hydrogen) atoms. The number of aliphatic hydroxyl groups is 1. The first-order valence-electron chi connectivity index (χ1n) is 3.92. The van der Waals surface area contributed by atoms with Crippen LogP contribution in [0.3, 0.4) is 0 Å². The molecule has 0 aromatic heterocycles. The van der Waals surface area contributed by atoms with Crippen LogP contribution in [0.5, 0.6) is 5.75 Å². The quantitative estimate of drug-likeness (QED) is 0.677. The van der Waals surface area contributed by atoms with Gasteiger partial charge in [0, 0.05) is 16.1 Å². The number of nitrogens with two attached hydrogens (primary N) is 1. The molecule has 0 heterocycles. The highest BCUT2D eigenvalue weighted by Crippen LogP contribution is 2.31. The van der Waals surface area contributed by atoms with Crippen LogP contribution in [0.25, 0.3) is 0 Å². The van der Waals surface area contributed by atoms with Crippen molar-refractivity contribution in [3.63, 3.8) is 0 Å². The molecular formula is C9H12ClNO2. The van der Waals surface area contributed by atoms with Gasteiger partial charge in [-0.1, -0.05) is 17.7 Å². The number of hydrogen-bond acceptors (Lipinski definition) is 3. The molecule has 3 nitrogen and oxygen atoms in total. The first-order valence-corrected chi connectivity index (χ1v) is 4.30. The van der Waals surface area contributed by atoms with Gasteiger partial charge in [-0.3, -0.25) is 0 Å². The van der Waals surface area contributed by atoms with Crippen LogP contribution in [-0.2, 0) is 0 Å². The van der Waals surface area contributed by atoms with Crippen molar-refractivity contribution in [2.75, 3.05) is 6.61 Å². The lowest BCUT2D eigenvalue weighted by molar-refractivity contribution is 0.265. The zero-order chi connectivity index (χ0) is 10.0. The number of benzene rings is 1. The standard InChI is InChI=1S/C9H12ClNO2/c1-5-7(10)3-2-6(9(5)13)8(11)4-12/h2-3,8,12-13H,4,11H2,1H3/t8-/m1/s1. The topological polar surface area (TPSA) is 66.5 Å². The number of rotatable bonds is 2. The zero-order valence-electron chi connectivity index (χ0n) is 7.29. The Morgan fingerprint density at radius 1 is 1.54 bits per heavy atom. The second-order valence-corrected chi connectivity index (χ2v) is 3.31. The van der Waals surface area contributed by atoms with Crippen LogP contribution in [-0.4, -0.2) is 16.8 Å². The van der Waals surface area contributed by atoms with Crippen molar-refractivity contribution in [3.05, 3.63) is 28.3 Å². The highest BCUT2D eigenvalue weighted by Gasteiger charge is 2.12. The van der Waals surface area contributed by atoms with Gasteiger partial charge in [-0.15, -0.1) is 0 Å². The highest BCUT2D eigenvalue weighted by molar-refractivity contribution is 6.31. The first-order chi connectivity index (χ1) is 6.07. The van der Waals surface area contributed by atoms with E-state index in [-0.39, 0.29) is 12.4 Å². The molecule has 0 amide bonds. The van der Waals surface area contributed by atoms with E-state index in [1.54, 1.807) is 19.1 Å². The van der Waals surface area contributed by atoms with Gasteiger partial charge in [0.2, 0.25) is 0 Å². The van der Waals surface area contributed by atoms with Crippen molar-refractivity contribution in [2.24, 2.45) is 5.73 Å². The molecule has 0 radical (unpaired) electrons. The van der Waals surface area contributed by atoms with Crippen molar-refractivity contribution >= 4 is 11.6 Å². The van der Waals surface area contributed by atoms with E-state index in [1.807, 2.05) is 0 Å². The van der Waals surface area contributed by atoms with E-state index in [4.69, 9.17) is 22.4 Å². The van der Waals surface area contributed by atoms with Crippen molar-refractivity contribution in [3.8, 4) is 5.75 Å². The number of phenols is 1. The summed E-state index contributed by atoms with van der Waals surface area (Å²) in [6.45, 7) is 1.50. The Balaban J connectivity index is 3.18. The maximum atomic E-state index is 9.60. The van der Waals surface area contributed by atoms with E-state index in [2.05, 4.69) is 0 Å². The molecule has 1 aromatic rings. The Morgan fingerprint density at radius 3 is 2.69 bits per heavy atom. The molecule has 0 fully saturated rings. The lowest BCUT2D eigenvalue weighted by Gasteiger charge is -2.12. The number of hydrogen-bond donors (Lipinski definition) is 3. The summed E-state index contributed by atoms with van der Waals surface area (Å²) in [6, 6.07) is 2.71. The predicted molar refractivity (Wildman–Crippen MR) is 51.9 cm³/mol. The lowest BCUT2D eigenvalue weighted by atomic mass is 10.0. The summed E-state index contributed by atoms with van der Waals surface area (Å²) in [5, 5.41) is 18.9. The summed E-state index contributed by atoms with van der Waals surface area (Å²) in [4.78, 5) is 0. The third kappa shape index (κ3) is 1.94. The molecule has 72 valence electrons. The normalized spacial score (nSPS) is 12.9. The first kappa shape index (κ1) is 10.3. The van der Waals surface area contributed by atoms with Crippen molar-refractivity contribution < 1.29 is 10.2 Å². The number of aromatic hydroxyl groups is 1. The van der Waals surface area contributed by atoms with Crippen molar-refractivity contribution in [1.29, 1.82) is 0 Å². The van der Waals surface area contributed by atoms with Gasteiger partial charge in [-0.05, 0) is 13.0 Å². The highest BCUT2D eigenvalue weighted by atomic mass is 35.5. The minimum atomic E-state index is -0.559. The molecule has 0 bridgehead atoms. The van der Waals surface area contributed by atoms with E-state index in [0.29, 0.717) is 16.1 Å². The second kappa shape index (κ2) is 3.96. The Kier molecular flexibility index (Phi) is 3.14. The Hall–Kier alpha value is -0.770. The summed E-state index contributed by atoms with van der Waals surface area (Å²) in [5.41, 5.74) is 6.67. The molecule has 0 spiro atoms. The van der Waals surface area contributed by atoms with Gasteiger partial charge in [0.15, 0.2) is 0 Å². The fourth-order valence-electron chi connectivity index (χ4n) is 1.09. The molecular weight excluding hydrogens is 190 g/mol. The van der Waals surface area contributed by atoms with Crippen LogP contribution in [0.1, 0.15) is 17.2 Å². The molecule has 4 heteroatoms. The SMILES string of the molecule is Cc1c(Cl)ccc([C@H](N)CO)c1O. The molecule has 0 aliphatic carbocycles. The number of phenolic OH excluding ortho intramolecular Hbond substituents is 1. The predicted octanol–water partition coefficient (Wildman–Crippen LogP) is 1.35. The van der Waals surface area contributed by atoms with Crippen molar-refractivity contribution in [2.45, 2.75) is 13.0 Å². The smallest absolute Gasteiger partial charge is 0.124 e. The molecule has 0 unspecified atom stereocenters. The van der Waals surface area contributed by atoms with Crippen LogP contribution >= 0.6 is 11.6 Å². The fraction of sp³-hybridized carbons (Fsp3) is 0.333. The Morgan fingerprint density at radius 2 is 2.15 bits per heavy atom. The van der Waals surface area contributed by atoms with Crippen LogP contribution in [0.4, 0.5) is 0 Å². The maximum absolute atomic E-state index is 9.60. The van der Waals surface area contributed by atoms with Crippen LogP contribution in [0.15, 0.2) is 12.1 Å². The maximum Gasteiger partial charge on any atom is 0.124 e. The molecule has 0 aliphatic heterocycles. The largest absolute Gasteiger partial charge is 0.507 e. The van der Waals surface area contributed by atoms with Crippen LogP contribution in [0, 0.1) is 6.92 Å². The van der Waals surface area contributed by atoms with E-state index < -0.39 is 6.04 Å². The molecule has 1 aromatic carbocycles. The average Bonchev–Trinajstić information content (AvgIpc) is 2.13. The molecule has 4 N–H and O–H groups in total. The monoisotopic (exact) mass is 201 g/mol. The van der Waals surface area contributed by atoms with Gasteiger partial charge >= 0.3 is 0 Å². The van der Waals surface area contributed by atoms with Gasteiger partial charge < -0.3 is 15.9 Å².